The van der Waals surface area contributed by atoms with E-state index in [1.165, 1.54) is 21.8 Å². The number of nitrogens with one attached hydrogen (secondary N) is 1. The van der Waals surface area contributed by atoms with Crippen LogP contribution in [0, 0.1) is 0 Å². The predicted molar refractivity (Wildman–Crippen MR) is 141 cm³/mol. The number of aromatic amines is 1. The zero-order valence-electron chi connectivity index (χ0n) is 19.5. The molecule has 5 atom stereocenters. The molecule has 1 aliphatic rings. The first-order valence-electron chi connectivity index (χ1n) is 10.9. The van der Waals surface area contributed by atoms with E-state index >= 15 is 0 Å². The molecule has 35 heavy (non-hydrogen) atoms. The Labute approximate surface area is 219 Å². The van der Waals surface area contributed by atoms with Crippen molar-refractivity contribution in [1.29, 1.82) is 0 Å². The van der Waals surface area contributed by atoms with Crippen molar-refractivity contribution in [3.8, 4) is 0 Å². The molecule has 2 rings (SSSR count). The van der Waals surface area contributed by atoms with Gasteiger partial charge in [-0.25, -0.2) is 4.79 Å². The number of ether oxygens (including phenoxy) is 3. The number of aromatic nitrogens is 2. The third kappa shape index (κ3) is 8.79. The summed E-state index contributed by atoms with van der Waals surface area (Å²) in [6.07, 6.45) is 5.03. The number of hydrogen-bond acceptors (Lipinski definition) is 11. The topological polar surface area (TPSA) is 169 Å². The van der Waals surface area contributed by atoms with Crippen LogP contribution in [0.4, 0.5) is 0 Å². The second-order valence-electron chi connectivity index (χ2n) is 7.79. The standard InChI is InChI=1S/C21H31BrN4O7S2/c1-34-7-4-13(23)19(28)31-11-16-15(33-20(29)14(24)5-8-35-2)9-17(32-16)26-10-12(3-6-22)18(27)25-21(26)30/h3,6,10,13-17H,4-5,7-9,11,23-24H2,1-2H3,(H,25,27,30)/b6-3+/t13-,14-,15?,16-,17-/m0/s1. The van der Waals surface area contributed by atoms with Gasteiger partial charge < -0.3 is 25.7 Å². The van der Waals surface area contributed by atoms with Crippen molar-refractivity contribution in [2.75, 3.05) is 30.6 Å². The van der Waals surface area contributed by atoms with E-state index in [0.29, 0.717) is 24.3 Å². The fourth-order valence-corrected chi connectivity index (χ4v) is 4.54. The summed E-state index contributed by atoms with van der Waals surface area (Å²) >= 11 is 6.22. The summed E-state index contributed by atoms with van der Waals surface area (Å²) in [5.74, 6) is 0.176. The third-order valence-electron chi connectivity index (χ3n) is 5.26. The van der Waals surface area contributed by atoms with Crippen LogP contribution in [-0.2, 0) is 23.8 Å². The van der Waals surface area contributed by atoms with Crippen LogP contribution in [0.1, 0.15) is 31.1 Å². The van der Waals surface area contributed by atoms with Gasteiger partial charge in [0.05, 0.1) is 5.56 Å². The lowest BCUT2D eigenvalue weighted by Crippen LogP contribution is -2.40. The number of carbonyl (C=O) groups excluding carboxylic acids is 2. The summed E-state index contributed by atoms with van der Waals surface area (Å²) in [5, 5.41) is 0. The Morgan fingerprint density at radius 3 is 2.46 bits per heavy atom. The highest BCUT2D eigenvalue weighted by molar-refractivity contribution is 9.11. The van der Waals surface area contributed by atoms with E-state index in [0.717, 1.165) is 0 Å². The SMILES string of the molecule is CSCC[C@H](N)C(=O)OC[C@@H]1O[C@H](n2cc(/C=C/Br)c(=O)[nH]c2=O)CC1OC(=O)[C@@H](N)CCSC. The molecule has 0 aromatic carbocycles. The molecule has 2 heterocycles. The Balaban J connectivity index is 2.20. The molecule has 11 nitrogen and oxygen atoms in total. The van der Waals surface area contributed by atoms with Crippen LogP contribution < -0.4 is 22.7 Å². The molecular formula is C21H31BrN4O7S2. The van der Waals surface area contributed by atoms with Crippen LogP contribution in [0.15, 0.2) is 20.8 Å². The van der Waals surface area contributed by atoms with Gasteiger partial charge in [-0.2, -0.15) is 23.5 Å². The van der Waals surface area contributed by atoms with Gasteiger partial charge in [-0.15, -0.1) is 0 Å². The average Bonchev–Trinajstić information content (AvgIpc) is 3.23. The predicted octanol–water partition coefficient (Wildman–Crippen LogP) is 0.806. The summed E-state index contributed by atoms with van der Waals surface area (Å²) in [4.78, 5) is 53.0. The normalized spacial score (nSPS) is 21.7. The lowest BCUT2D eigenvalue weighted by atomic mass is 10.1. The van der Waals surface area contributed by atoms with E-state index in [4.69, 9.17) is 25.7 Å². The van der Waals surface area contributed by atoms with Gasteiger partial charge in [0.25, 0.3) is 5.56 Å². The quantitative estimate of drug-likeness (QED) is 0.276. The summed E-state index contributed by atoms with van der Waals surface area (Å²) in [6, 6.07) is -1.61. The van der Waals surface area contributed by atoms with Crippen molar-refractivity contribution in [2.24, 2.45) is 11.5 Å². The first kappa shape index (κ1) is 29.6. The van der Waals surface area contributed by atoms with Gasteiger partial charge in [-0.1, -0.05) is 15.9 Å². The Morgan fingerprint density at radius 2 is 1.86 bits per heavy atom. The molecule has 0 amide bonds. The zero-order chi connectivity index (χ0) is 26.0. The number of esters is 2. The van der Waals surface area contributed by atoms with Crippen LogP contribution in [0.2, 0.25) is 0 Å². The second-order valence-corrected chi connectivity index (χ2v) is 10.3. The highest BCUT2D eigenvalue weighted by Gasteiger charge is 2.41. The first-order chi connectivity index (χ1) is 16.7. The number of rotatable bonds is 13. The summed E-state index contributed by atoms with van der Waals surface area (Å²) in [5.41, 5.74) is 10.8. The maximum atomic E-state index is 12.5. The molecule has 0 aliphatic carbocycles. The fraction of sp³-hybridized carbons (Fsp3) is 0.619. The molecule has 1 unspecified atom stereocenters. The fourth-order valence-electron chi connectivity index (χ4n) is 3.28. The zero-order valence-corrected chi connectivity index (χ0v) is 22.7. The summed E-state index contributed by atoms with van der Waals surface area (Å²) in [7, 11) is 0. The highest BCUT2D eigenvalue weighted by atomic mass is 79.9. The number of carbonyl (C=O) groups is 2. The number of H-pyrrole nitrogens is 1. The molecule has 0 radical (unpaired) electrons. The van der Waals surface area contributed by atoms with Crippen LogP contribution >= 0.6 is 39.5 Å². The molecule has 14 heteroatoms. The molecule has 0 spiro atoms. The van der Waals surface area contributed by atoms with Gasteiger partial charge in [0, 0.05) is 12.6 Å². The van der Waals surface area contributed by atoms with Crippen LogP contribution in [0.3, 0.4) is 0 Å². The van der Waals surface area contributed by atoms with Crippen molar-refractivity contribution in [3.63, 3.8) is 0 Å². The number of halogens is 1. The maximum Gasteiger partial charge on any atom is 0.330 e. The lowest BCUT2D eigenvalue weighted by Gasteiger charge is -2.21. The molecule has 0 bridgehead atoms. The van der Waals surface area contributed by atoms with Crippen molar-refractivity contribution >= 4 is 57.5 Å². The second kappa shape index (κ2) is 14.9. The molecule has 1 fully saturated rings. The van der Waals surface area contributed by atoms with Crippen molar-refractivity contribution in [3.05, 3.63) is 37.6 Å². The largest absolute Gasteiger partial charge is 0.462 e. The molecular weight excluding hydrogens is 564 g/mol. The van der Waals surface area contributed by atoms with Gasteiger partial charge >= 0.3 is 17.6 Å². The Morgan fingerprint density at radius 1 is 1.23 bits per heavy atom. The summed E-state index contributed by atoms with van der Waals surface area (Å²) < 4.78 is 18.1. The first-order valence-corrected chi connectivity index (χ1v) is 14.6. The van der Waals surface area contributed by atoms with Crippen LogP contribution in [0.5, 0.6) is 0 Å². The number of nitrogens with two attached hydrogens (primary N) is 2. The van der Waals surface area contributed by atoms with Gasteiger partial charge in [-0.3, -0.25) is 23.9 Å². The number of hydrogen-bond donors (Lipinski definition) is 3. The van der Waals surface area contributed by atoms with E-state index in [2.05, 4.69) is 20.9 Å². The smallest absolute Gasteiger partial charge is 0.330 e. The minimum atomic E-state index is -0.879. The lowest BCUT2D eigenvalue weighted by molar-refractivity contribution is -0.160. The Bertz CT molecular complexity index is 1000. The molecule has 1 aromatic rings. The minimum Gasteiger partial charge on any atom is -0.462 e. The Hall–Kier alpha value is -1.58. The monoisotopic (exact) mass is 594 g/mol. The number of nitrogens with zero attached hydrogens (tertiary/aromatic N) is 1. The Kier molecular flexibility index (Phi) is 12.6. The van der Waals surface area contributed by atoms with Gasteiger partial charge in [-0.05, 0) is 47.9 Å². The minimum absolute atomic E-state index is 0.0884. The molecule has 1 aromatic heterocycles. The number of thioether (sulfide) groups is 2. The molecule has 1 aliphatic heterocycles. The van der Waals surface area contributed by atoms with Crippen LogP contribution in [-0.4, -0.2) is 76.4 Å². The van der Waals surface area contributed by atoms with Gasteiger partial charge in [0.1, 0.15) is 37.1 Å². The van der Waals surface area contributed by atoms with E-state index in [9.17, 15) is 19.2 Å². The molecule has 5 N–H and O–H groups in total. The van der Waals surface area contributed by atoms with E-state index in [1.54, 1.807) is 23.5 Å². The summed E-state index contributed by atoms with van der Waals surface area (Å²) in [6.45, 7) is -0.230. The van der Waals surface area contributed by atoms with Crippen molar-refractivity contribution in [2.45, 2.75) is 49.8 Å². The third-order valence-corrected chi connectivity index (χ3v) is 6.81. The van der Waals surface area contributed by atoms with Gasteiger partial charge in [0.15, 0.2) is 0 Å². The maximum absolute atomic E-state index is 12.5. The highest BCUT2D eigenvalue weighted by Crippen LogP contribution is 2.31. The van der Waals surface area contributed by atoms with E-state index in [-0.39, 0.29) is 18.6 Å². The van der Waals surface area contributed by atoms with Crippen molar-refractivity contribution < 1.29 is 23.8 Å². The van der Waals surface area contributed by atoms with Gasteiger partial charge in [0.2, 0.25) is 0 Å². The molecule has 1 saturated heterocycles. The molecule has 196 valence electrons. The van der Waals surface area contributed by atoms with E-state index < -0.39 is 53.7 Å². The van der Waals surface area contributed by atoms with Crippen molar-refractivity contribution in [1.82, 2.24) is 9.55 Å². The van der Waals surface area contributed by atoms with E-state index in [1.807, 2.05) is 12.5 Å². The molecule has 0 saturated carbocycles. The average molecular weight is 596 g/mol. The van der Waals surface area contributed by atoms with Crippen LogP contribution in [0.25, 0.3) is 6.08 Å².